The monoisotopic (exact) mass is 321 g/mol. The molecule has 1 N–H and O–H groups in total. The second kappa shape index (κ2) is 20.3. The number of rotatable bonds is 19. The summed E-state index contributed by atoms with van der Waals surface area (Å²) in [6, 6.07) is 0. The third-order valence-corrected chi connectivity index (χ3v) is 2.45. The van der Waals surface area contributed by atoms with E-state index in [-0.39, 0.29) is 0 Å². The van der Waals surface area contributed by atoms with Gasteiger partial charge in [0.15, 0.2) is 0 Å². The lowest BCUT2D eigenvalue weighted by atomic mass is 10.6. The molecule has 0 spiro atoms. The predicted molar refractivity (Wildman–Crippen MR) is 84.2 cm³/mol. The molecule has 0 bridgehead atoms. The Morgan fingerprint density at radius 1 is 0.636 bits per heavy atom. The van der Waals surface area contributed by atoms with E-state index >= 15 is 0 Å². The van der Waals surface area contributed by atoms with E-state index in [0.717, 1.165) is 6.54 Å². The molecule has 0 aromatic rings. The van der Waals surface area contributed by atoms with Crippen LogP contribution >= 0.6 is 0 Å². The van der Waals surface area contributed by atoms with Gasteiger partial charge in [0.05, 0.1) is 72.3 Å². The smallest absolute Gasteiger partial charge is 0.111 e. The molecule has 0 aliphatic carbocycles. The van der Waals surface area contributed by atoms with Crippen molar-refractivity contribution >= 4 is 0 Å². The predicted octanol–water partition coefficient (Wildman–Crippen LogP) is 0.449. The summed E-state index contributed by atoms with van der Waals surface area (Å²) in [5.41, 5.74) is 0. The van der Waals surface area contributed by atoms with Crippen molar-refractivity contribution < 1.29 is 28.4 Å². The topological polar surface area (TPSA) is 67.4 Å². The van der Waals surface area contributed by atoms with Gasteiger partial charge in [-0.2, -0.15) is 0 Å². The number of hydrogen-bond donors (Lipinski definition) is 1. The Hall–Kier alpha value is -0.700. The standard InChI is InChI=1S/C15H31NO6/c1-3-17-6-7-19-10-11-21-14-15-22-13-12-20-9-8-18-5-4-16-2/h3,16H,1,4-15H2,2H3. The molecule has 7 heteroatoms. The van der Waals surface area contributed by atoms with Gasteiger partial charge in [-0.05, 0) is 7.05 Å². The number of ether oxygens (including phenoxy) is 6. The molecule has 0 amide bonds. The maximum atomic E-state index is 5.37. The molecule has 0 aliphatic heterocycles. The van der Waals surface area contributed by atoms with Crippen LogP contribution < -0.4 is 5.32 Å². The minimum Gasteiger partial charge on any atom is -0.499 e. The summed E-state index contributed by atoms with van der Waals surface area (Å²) in [6.45, 7) is 10.6. The zero-order valence-corrected chi connectivity index (χ0v) is 13.7. The van der Waals surface area contributed by atoms with Crippen molar-refractivity contribution in [3.63, 3.8) is 0 Å². The van der Waals surface area contributed by atoms with E-state index < -0.39 is 0 Å². The van der Waals surface area contributed by atoms with Gasteiger partial charge in [0.1, 0.15) is 6.61 Å². The fourth-order valence-electron chi connectivity index (χ4n) is 1.35. The molecular formula is C15H31NO6. The summed E-state index contributed by atoms with van der Waals surface area (Å²) in [5.74, 6) is 0. The van der Waals surface area contributed by atoms with Gasteiger partial charge in [-0.1, -0.05) is 6.58 Å². The van der Waals surface area contributed by atoms with Gasteiger partial charge < -0.3 is 33.7 Å². The highest BCUT2D eigenvalue weighted by atomic mass is 16.6. The quantitative estimate of drug-likeness (QED) is 0.274. The molecule has 0 fully saturated rings. The van der Waals surface area contributed by atoms with Crippen LogP contribution in [0.25, 0.3) is 0 Å². The lowest BCUT2D eigenvalue weighted by molar-refractivity contribution is -0.0134. The molecule has 0 radical (unpaired) electrons. The third-order valence-electron chi connectivity index (χ3n) is 2.45. The van der Waals surface area contributed by atoms with Crippen molar-refractivity contribution in [1.82, 2.24) is 5.32 Å². The largest absolute Gasteiger partial charge is 0.499 e. The Morgan fingerprint density at radius 3 is 1.36 bits per heavy atom. The van der Waals surface area contributed by atoms with E-state index in [1.165, 1.54) is 6.26 Å². The Kier molecular flexibility index (Phi) is 19.7. The van der Waals surface area contributed by atoms with E-state index in [4.69, 9.17) is 28.4 Å². The normalized spacial score (nSPS) is 10.8. The van der Waals surface area contributed by atoms with E-state index in [9.17, 15) is 0 Å². The average Bonchev–Trinajstić information content (AvgIpc) is 2.54. The van der Waals surface area contributed by atoms with Crippen LogP contribution in [0.2, 0.25) is 0 Å². The van der Waals surface area contributed by atoms with Crippen molar-refractivity contribution in [3.8, 4) is 0 Å². The van der Waals surface area contributed by atoms with Gasteiger partial charge in [0.25, 0.3) is 0 Å². The van der Waals surface area contributed by atoms with Gasteiger partial charge in [0.2, 0.25) is 0 Å². The highest BCUT2D eigenvalue weighted by Gasteiger charge is 1.93. The highest BCUT2D eigenvalue weighted by Crippen LogP contribution is 1.84. The lowest BCUT2D eigenvalue weighted by Crippen LogP contribution is -2.17. The maximum absolute atomic E-state index is 5.37. The van der Waals surface area contributed by atoms with E-state index in [2.05, 4.69) is 11.9 Å². The summed E-state index contributed by atoms with van der Waals surface area (Å²) < 4.78 is 31.6. The van der Waals surface area contributed by atoms with Gasteiger partial charge in [-0.25, -0.2) is 0 Å². The molecule has 7 nitrogen and oxygen atoms in total. The van der Waals surface area contributed by atoms with Crippen LogP contribution in [0.15, 0.2) is 12.8 Å². The first-order chi connectivity index (χ1) is 10.9. The Balaban J connectivity index is 2.92. The molecule has 0 unspecified atom stereocenters. The second-order valence-electron chi connectivity index (χ2n) is 4.20. The molecule has 0 atom stereocenters. The molecule has 0 aromatic carbocycles. The van der Waals surface area contributed by atoms with Crippen molar-refractivity contribution in [2.45, 2.75) is 0 Å². The van der Waals surface area contributed by atoms with Gasteiger partial charge in [-0.3, -0.25) is 0 Å². The first kappa shape index (κ1) is 21.3. The summed E-state index contributed by atoms with van der Waals surface area (Å²) >= 11 is 0. The highest BCUT2D eigenvalue weighted by molar-refractivity contribution is 4.47. The molecular weight excluding hydrogens is 290 g/mol. The molecule has 0 aromatic heterocycles. The van der Waals surface area contributed by atoms with Gasteiger partial charge >= 0.3 is 0 Å². The van der Waals surface area contributed by atoms with Crippen molar-refractivity contribution in [2.75, 3.05) is 86.3 Å². The Morgan fingerprint density at radius 2 is 1.00 bits per heavy atom. The van der Waals surface area contributed by atoms with Crippen LogP contribution in [0.3, 0.4) is 0 Å². The fourth-order valence-corrected chi connectivity index (χ4v) is 1.35. The zero-order valence-electron chi connectivity index (χ0n) is 13.7. The van der Waals surface area contributed by atoms with Gasteiger partial charge in [0, 0.05) is 6.54 Å². The molecule has 22 heavy (non-hydrogen) atoms. The lowest BCUT2D eigenvalue weighted by Gasteiger charge is -2.08. The van der Waals surface area contributed by atoms with Crippen LogP contribution in [0.5, 0.6) is 0 Å². The van der Waals surface area contributed by atoms with Crippen LogP contribution in [0.1, 0.15) is 0 Å². The van der Waals surface area contributed by atoms with E-state index in [0.29, 0.717) is 72.7 Å². The summed E-state index contributed by atoms with van der Waals surface area (Å²) in [5, 5.41) is 3.01. The van der Waals surface area contributed by atoms with Crippen molar-refractivity contribution in [2.24, 2.45) is 0 Å². The average molecular weight is 321 g/mol. The maximum Gasteiger partial charge on any atom is 0.111 e. The number of nitrogens with one attached hydrogen (secondary N) is 1. The third kappa shape index (κ3) is 19.3. The first-order valence-electron chi connectivity index (χ1n) is 7.67. The molecule has 0 rings (SSSR count). The van der Waals surface area contributed by atoms with E-state index in [1.807, 2.05) is 7.05 Å². The van der Waals surface area contributed by atoms with E-state index in [1.54, 1.807) is 0 Å². The summed E-state index contributed by atoms with van der Waals surface area (Å²) in [7, 11) is 1.90. The van der Waals surface area contributed by atoms with Gasteiger partial charge in [-0.15, -0.1) is 0 Å². The minimum absolute atomic E-state index is 0.521. The molecule has 0 saturated carbocycles. The van der Waals surface area contributed by atoms with Crippen molar-refractivity contribution in [3.05, 3.63) is 12.8 Å². The zero-order chi connectivity index (χ0) is 16.1. The molecule has 132 valence electrons. The Bertz CT molecular complexity index is 218. The molecule has 0 saturated heterocycles. The fraction of sp³-hybridized carbons (Fsp3) is 0.867. The minimum atomic E-state index is 0.521. The number of likely N-dealkylation sites (N-methyl/N-ethyl adjacent to an activating group) is 1. The molecule has 0 heterocycles. The van der Waals surface area contributed by atoms with Crippen molar-refractivity contribution in [1.29, 1.82) is 0 Å². The van der Waals surface area contributed by atoms with Crippen LogP contribution in [-0.4, -0.2) is 86.3 Å². The SMILES string of the molecule is C=COCCOCCOCCOCCOCCOCCNC. The summed E-state index contributed by atoms with van der Waals surface area (Å²) in [4.78, 5) is 0. The second-order valence-corrected chi connectivity index (χ2v) is 4.20. The van der Waals surface area contributed by atoms with Crippen LogP contribution in [0.4, 0.5) is 0 Å². The van der Waals surface area contributed by atoms with Crippen LogP contribution in [-0.2, 0) is 28.4 Å². The molecule has 0 aliphatic rings. The van der Waals surface area contributed by atoms with Crippen LogP contribution in [0, 0.1) is 0 Å². The Labute approximate surface area is 133 Å². The first-order valence-corrected chi connectivity index (χ1v) is 7.67. The summed E-state index contributed by atoms with van der Waals surface area (Å²) in [6.07, 6.45) is 1.40. The number of hydrogen-bond acceptors (Lipinski definition) is 7.